The molecule has 0 saturated carbocycles. The summed E-state index contributed by atoms with van der Waals surface area (Å²) in [5.74, 6) is -0.438. The van der Waals surface area contributed by atoms with Crippen LogP contribution in [0, 0.1) is 0 Å². The highest BCUT2D eigenvalue weighted by Gasteiger charge is 2.20. The molecule has 3 rings (SSSR count). The zero-order valence-electron chi connectivity index (χ0n) is 15.3. The second-order valence-electron chi connectivity index (χ2n) is 6.59. The van der Waals surface area contributed by atoms with E-state index in [9.17, 15) is 9.59 Å². The molecule has 2 aromatic rings. The Bertz CT molecular complexity index is 801. The number of carbonyl (C=O) groups excluding carboxylic acids is 2. The van der Waals surface area contributed by atoms with Crippen LogP contribution in [0.25, 0.3) is 0 Å². The van der Waals surface area contributed by atoms with Crippen molar-refractivity contribution in [3.8, 4) is 0 Å². The smallest absolute Gasteiger partial charge is 0.252 e. The van der Waals surface area contributed by atoms with Gasteiger partial charge in [-0.15, -0.1) is 0 Å². The van der Waals surface area contributed by atoms with Crippen molar-refractivity contribution in [2.24, 2.45) is 0 Å². The van der Waals surface area contributed by atoms with E-state index in [0.717, 1.165) is 26.3 Å². The molecule has 1 atom stereocenters. The van der Waals surface area contributed by atoms with E-state index in [2.05, 4.69) is 17.1 Å². The zero-order valence-corrected chi connectivity index (χ0v) is 16.0. The summed E-state index contributed by atoms with van der Waals surface area (Å²) >= 11 is 5.89. The molecule has 0 bridgehead atoms. The van der Waals surface area contributed by atoms with E-state index >= 15 is 0 Å². The number of nitrogens with one attached hydrogen (secondary N) is 1. The van der Waals surface area contributed by atoms with Gasteiger partial charge in [-0.25, -0.2) is 0 Å². The number of benzene rings is 2. The molecule has 1 N–H and O–H groups in total. The molecular formula is C21H23ClN2O3. The second-order valence-corrected chi connectivity index (χ2v) is 7.03. The third kappa shape index (κ3) is 4.95. The van der Waals surface area contributed by atoms with E-state index in [1.165, 1.54) is 0 Å². The summed E-state index contributed by atoms with van der Waals surface area (Å²) in [6.45, 7) is 5.76. The topological polar surface area (TPSA) is 58.6 Å². The number of ether oxygens (including phenoxy) is 1. The Labute approximate surface area is 164 Å². The Morgan fingerprint density at radius 3 is 2.37 bits per heavy atom. The van der Waals surface area contributed by atoms with Crippen molar-refractivity contribution >= 4 is 23.3 Å². The number of carbonyl (C=O) groups is 2. The minimum atomic E-state index is -0.243. The van der Waals surface area contributed by atoms with Crippen LogP contribution in [0.2, 0.25) is 5.02 Å². The minimum Gasteiger partial charge on any atom is -0.379 e. The SMILES string of the molecule is CC(CNC(=O)c1ccccc1C(=O)c1ccc(Cl)cc1)N1CCOCC1. The van der Waals surface area contributed by atoms with Gasteiger partial charge < -0.3 is 10.1 Å². The van der Waals surface area contributed by atoms with Crippen molar-refractivity contribution in [2.75, 3.05) is 32.8 Å². The molecule has 0 aliphatic carbocycles. The minimum absolute atomic E-state index is 0.196. The molecule has 2 aromatic carbocycles. The fraction of sp³-hybridized carbons (Fsp3) is 0.333. The number of ketones is 1. The van der Waals surface area contributed by atoms with Gasteiger partial charge >= 0.3 is 0 Å². The van der Waals surface area contributed by atoms with Gasteiger partial charge in [0.05, 0.1) is 18.8 Å². The number of rotatable bonds is 6. The highest BCUT2D eigenvalue weighted by molar-refractivity contribution is 6.30. The summed E-state index contributed by atoms with van der Waals surface area (Å²) in [5.41, 5.74) is 1.27. The van der Waals surface area contributed by atoms with Gasteiger partial charge in [-0.05, 0) is 37.3 Å². The Hall–Kier alpha value is -2.21. The summed E-state index contributed by atoms with van der Waals surface area (Å²) in [4.78, 5) is 27.8. The van der Waals surface area contributed by atoms with Gasteiger partial charge in [0.15, 0.2) is 5.78 Å². The number of hydrogen-bond donors (Lipinski definition) is 1. The molecule has 0 radical (unpaired) electrons. The molecule has 1 heterocycles. The van der Waals surface area contributed by atoms with Gasteiger partial charge in [-0.1, -0.05) is 29.8 Å². The molecule has 1 aliphatic rings. The van der Waals surface area contributed by atoms with Crippen molar-refractivity contribution in [1.82, 2.24) is 10.2 Å². The fourth-order valence-corrected chi connectivity index (χ4v) is 3.24. The quantitative estimate of drug-likeness (QED) is 0.775. The molecule has 1 fully saturated rings. The lowest BCUT2D eigenvalue weighted by molar-refractivity contribution is 0.0204. The molecule has 1 amide bonds. The second kappa shape index (κ2) is 9.13. The van der Waals surface area contributed by atoms with Crippen molar-refractivity contribution in [3.05, 3.63) is 70.2 Å². The van der Waals surface area contributed by atoms with Gasteiger partial charge in [0.1, 0.15) is 0 Å². The Balaban J connectivity index is 1.70. The normalized spacial score (nSPS) is 15.9. The zero-order chi connectivity index (χ0) is 19.2. The number of amides is 1. The van der Waals surface area contributed by atoms with Crippen molar-refractivity contribution in [1.29, 1.82) is 0 Å². The van der Waals surface area contributed by atoms with Crippen LogP contribution in [-0.2, 0) is 4.74 Å². The van der Waals surface area contributed by atoms with Crippen molar-refractivity contribution < 1.29 is 14.3 Å². The van der Waals surface area contributed by atoms with E-state index in [0.29, 0.717) is 28.3 Å². The predicted octanol–water partition coefficient (Wildman–Crippen LogP) is 3.02. The maximum absolute atomic E-state index is 12.8. The molecule has 1 aliphatic heterocycles. The predicted molar refractivity (Wildman–Crippen MR) is 106 cm³/mol. The van der Waals surface area contributed by atoms with Crippen LogP contribution in [0.3, 0.4) is 0 Å². The molecule has 6 heteroatoms. The van der Waals surface area contributed by atoms with E-state index in [1.54, 1.807) is 48.5 Å². The summed E-state index contributed by atoms with van der Waals surface area (Å²) in [6, 6.07) is 13.8. The van der Waals surface area contributed by atoms with Crippen LogP contribution in [0.5, 0.6) is 0 Å². The van der Waals surface area contributed by atoms with E-state index in [4.69, 9.17) is 16.3 Å². The number of halogens is 1. The maximum Gasteiger partial charge on any atom is 0.252 e. The number of morpholine rings is 1. The molecule has 5 nitrogen and oxygen atoms in total. The van der Waals surface area contributed by atoms with Crippen molar-refractivity contribution in [3.63, 3.8) is 0 Å². The van der Waals surface area contributed by atoms with E-state index < -0.39 is 0 Å². The van der Waals surface area contributed by atoms with Gasteiger partial charge in [-0.2, -0.15) is 0 Å². The molecule has 0 aromatic heterocycles. The first-order valence-electron chi connectivity index (χ1n) is 9.05. The van der Waals surface area contributed by atoms with E-state index in [-0.39, 0.29) is 17.7 Å². The van der Waals surface area contributed by atoms with E-state index in [1.807, 2.05) is 0 Å². The molecular weight excluding hydrogens is 364 g/mol. The third-order valence-electron chi connectivity index (χ3n) is 4.75. The molecule has 27 heavy (non-hydrogen) atoms. The molecule has 142 valence electrons. The highest BCUT2D eigenvalue weighted by Crippen LogP contribution is 2.17. The number of nitrogens with zero attached hydrogens (tertiary/aromatic N) is 1. The molecule has 1 saturated heterocycles. The summed E-state index contributed by atoms with van der Waals surface area (Å²) < 4.78 is 5.36. The Kier molecular flexibility index (Phi) is 6.61. The lowest BCUT2D eigenvalue weighted by Crippen LogP contribution is -2.47. The largest absolute Gasteiger partial charge is 0.379 e. The highest BCUT2D eigenvalue weighted by atomic mass is 35.5. The summed E-state index contributed by atoms with van der Waals surface area (Å²) in [6.07, 6.45) is 0. The number of hydrogen-bond acceptors (Lipinski definition) is 4. The van der Waals surface area contributed by atoms with Gasteiger partial charge in [0.25, 0.3) is 5.91 Å². The summed E-state index contributed by atoms with van der Waals surface area (Å²) in [5, 5.41) is 3.52. The van der Waals surface area contributed by atoms with Gasteiger partial charge in [0, 0.05) is 41.8 Å². The fourth-order valence-electron chi connectivity index (χ4n) is 3.12. The van der Waals surface area contributed by atoms with Crippen LogP contribution in [-0.4, -0.2) is 55.5 Å². The lowest BCUT2D eigenvalue weighted by atomic mass is 9.98. The van der Waals surface area contributed by atoms with Crippen LogP contribution in [0.4, 0.5) is 0 Å². The summed E-state index contributed by atoms with van der Waals surface area (Å²) in [7, 11) is 0. The van der Waals surface area contributed by atoms with Crippen LogP contribution in [0.15, 0.2) is 48.5 Å². The Morgan fingerprint density at radius 2 is 1.70 bits per heavy atom. The van der Waals surface area contributed by atoms with Crippen LogP contribution in [0.1, 0.15) is 33.2 Å². The first kappa shape index (κ1) is 19.5. The molecule has 0 spiro atoms. The first-order chi connectivity index (χ1) is 13.1. The van der Waals surface area contributed by atoms with Crippen molar-refractivity contribution in [2.45, 2.75) is 13.0 Å². The standard InChI is InChI=1S/C21H23ClN2O3/c1-15(24-10-12-27-13-11-24)14-23-21(26)19-5-3-2-4-18(19)20(25)16-6-8-17(22)9-7-16/h2-9,15H,10-14H2,1H3,(H,23,26). The van der Waals surface area contributed by atoms with Gasteiger partial charge in [0.2, 0.25) is 0 Å². The lowest BCUT2D eigenvalue weighted by Gasteiger charge is -2.32. The third-order valence-corrected chi connectivity index (χ3v) is 5.00. The average Bonchev–Trinajstić information content (AvgIpc) is 2.72. The molecule has 1 unspecified atom stereocenters. The maximum atomic E-state index is 12.8. The Morgan fingerprint density at radius 1 is 1.07 bits per heavy atom. The monoisotopic (exact) mass is 386 g/mol. The van der Waals surface area contributed by atoms with Gasteiger partial charge in [-0.3, -0.25) is 14.5 Å². The van der Waals surface area contributed by atoms with Crippen LogP contribution >= 0.6 is 11.6 Å². The first-order valence-corrected chi connectivity index (χ1v) is 9.43. The average molecular weight is 387 g/mol. The van der Waals surface area contributed by atoms with Crippen LogP contribution < -0.4 is 5.32 Å².